The van der Waals surface area contributed by atoms with E-state index in [1.54, 1.807) is 12.1 Å². The molecule has 1 rings (SSSR count). The molecule has 62 valence electrons. The van der Waals surface area contributed by atoms with Gasteiger partial charge in [-0.1, -0.05) is 36.4 Å². The molecule has 1 nitrogen and oxygen atoms in total. The molecule has 0 saturated heterocycles. The van der Waals surface area contributed by atoms with E-state index in [9.17, 15) is 0 Å². The number of rotatable bonds is 2. The Balaban J connectivity index is 2.77. The van der Waals surface area contributed by atoms with Crippen molar-refractivity contribution >= 4 is 6.08 Å². The summed E-state index contributed by atoms with van der Waals surface area (Å²) in [6, 6.07) is 7.04. The van der Waals surface area contributed by atoms with Crippen LogP contribution in [0.15, 0.2) is 42.5 Å². The van der Waals surface area contributed by atoms with E-state index in [1.807, 2.05) is 31.2 Å². The van der Waals surface area contributed by atoms with Crippen LogP contribution in [0.3, 0.4) is 0 Å². The first-order chi connectivity index (χ1) is 5.68. The number of hydrogen-bond donors (Lipinski definition) is 1. The van der Waals surface area contributed by atoms with E-state index in [0.29, 0.717) is 5.75 Å². The highest BCUT2D eigenvalue weighted by Crippen LogP contribution is 2.11. The molecule has 0 fully saturated rings. The largest absolute Gasteiger partial charge is 0.508 e. The predicted molar refractivity (Wildman–Crippen MR) is 52.0 cm³/mol. The monoisotopic (exact) mass is 160 g/mol. The average molecular weight is 160 g/mol. The number of aromatic hydroxyl groups is 1. The van der Waals surface area contributed by atoms with Crippen LogP contribution in [0.1, 0.15) is 12.5 Å². The smallest absolute Gasteiger partial charge is 0.115 e. The highest BCUT2D eigenvalue weighted by molar-refractivity contribution is 5.53. The molecule has 0 aromatic heterocycles. The van der Waals surface area contributed by atoms with Gasteiger partial charge in [0, 0.05) is 0 Å². The van der Waals surface area contributed by atoms with Gasteiger partial charge in [0.05, 0.1) is 0 Å². The Kier molecular flexibility index (Phi) is 2.70. The highest BCUT2D eigenvalue weighted by Gasteiger charge is 1.86. The van der Waals surface area contributed by atoms with Gasteiger partial charge in [0.15, 0.2) is 0 Å². The molecule has 0 radical (unpaired) electrons. The normalized spacial score (nSPS) is 10.4. The van der Waals surface area contributed by atoms with Crippen LogP contribution in [-0.4, -0.2) is 5.11 Å². The van der Waals surface area contributed by atoms with Gasteiger partial charge in [-0.3, -0.25) is 0 Å². The van der Waals surface area contributed by atoms with Crippen molar-refractivity contribution in [1.29, 1.82) is 0 Å². The summed E-state index contributed by atoms with van der Waals surface area (Å²) in [5.74, 6) is 0.294. The van der Waals surface area contributed by atoms with Crippen LogP contribution in [0, 0.1) is 0 Å². The lowest BCUT2D eigenvalue weighted by atomic mass is 10.2. The van der Waals surface area contributed by atoms with Gasteiger partial charge >= 0.3 is 0 Å². The lowest BCUT2D eigenvalue weighted by molar-refractivity contribution is 0.475. The fourth-order valence-electron chi connectivity index (χ4n) is 0.824. The third kappa shape index (κ3) is 2.62. The van der Waals surface area contributed by atoms with E-state index >= 15 is 0 Å². The van der Waals surface area contributed by atoms with Gasteiger partial charge in [0.1, 0.15) is 5.75 Å². The third-order valence-electron chi connectivity index (χ3n) is 1.45. The first-order valence-electron chi connectivity index (χ1n) is 3.81. The molecule has 0 heterocycles. The molecule has 0 aliphatic rings. The van der Waals surface area contributed by atoms with Gasteiger partial charge in [0.25, 0.3) is 0 Å². The van der Waals surface area contributed by atoms with Crippen molar-refractivity contribution in [1.82, 2.24) is 0 Å². The van der Waals surface area contributed by atoms with Crippen LogP contribution in [0.2, 0.25) is 0 Å². The summed E-state index contributed by atoms with van der Waals surface area (Å²) in [6.07, 6.45) is 3.90. The van der Waals surface area contributed by atoms with Crippen molar-refractivity contribution in [2.45, 2.75) is 6.92 Å². The summed E-state index contributed by atoms with van der Waals surface area (Å²) in [5.41, 5.74) is 2.08. The molecule has 1 aromatic rings. The van der Waals surface area contributed by atoms with Gasteiger partial charge in [-0.05, 0) is 24.6 Å². The standard InChI is InChI=1S/C11H12O/c1-9(2)3-4-10-5-7-11(12)8-6-10/h3-8,12H,1H2,2H3. The second kappa shape index (κ2) is 3.77. The van der Waals surface area contributed by atoms with Gasteiger partial charge in [-0.15, -0.1) is 0 Å². The molecular formula is C11H12O. The minimum absolute atomic E-state index is 0.294. The van der Waals surface area contributed by atoms with Gasteiger partial charge in [-0.2, -0.15) is 0 Å². The number of phenolic OH excluding ortho intramolecular Hbond substituents is 1. The van der Waals surface area contributed by atoms with E-state index in [0.717, 1.165) is 11.1 Å². The van der Waals surface area contributed by atoms with Gasteiger partial charge < -0.3 is 5.11 Å². The number of hydrogen-bond acceptors (Lipinski definition) is 1. The maximum absolute atomic E-state index is 8.99. The summed E-state index contributed by atoms with van der Waals surface area (Å²) in [6.45, 7) is 5.69. The fourth-order valence-corrected chi connectivity index (χ4v) is 0.824. The Morgan fingerprint density at radius 1 is 1.33 bits per heavy atom. The lowest BCUT2D eigenvalue weighted by Gasteiger charge is -1.93. The number of allylic oxidation sites excluding steroid dienone is 2. The van der Waals surface area contributed by atoms with E-state index in [-0.39, 0.29) is 0 Å². The molecule has 0 aliphatic heterocycles. The first kappa shape index (κ1) is 8.60. The SMILES string of the molecule is C=C(C)C=Cc1ccc(O)cc1. The van der Waals surface area contributed by atoms with E-state index in [4.69, 9.17) is 5.11 Å². The van der Waals surface area contributed by atoms with Crippen LogP contribution in [0.4, 0.5) is 0 Å². The van der Waals surface area contributed by atoms with Crippen molar-refractivity contribution in [2.75, 3.05) is 0 Å². The second-order valence-electron chi connectivity index (χ2n) is 2.77. The van der Waals surface area contributed by atoms with Gasteiger partial charge in [0.2, 0.25) is 0 Å². The predicted octanol–water partition coefficient (Wildman–Crippen LogP) is 2.98. The van der Waals surface area contributed by atoms with Crippen molar-refractivity contribution < 1.29 is 5.11 Å². The molecule has 1 N–H and O–H groups in total. The molecule has 0 atom stereocenters. The topological polar surface area (TPSA) is 20.2 Å². The second-order valence-corrected chi connectivity index (χ2v) is 2.77. The molecule has 0 aliphatic carbocycles. The van der Waals surface area contributed by atoms with E-state index < -0.39 is 0 Å². The average Bonchev–Trinajstić information content (AvgIpc) is 2.03. The van der Waals surface area contributed by atoms with E-state index in [1.165, 1.54) is 0 Å². The first-order valence-corrected chi connectivity index (χ1v) is 3.81. The highest BCUT2D eigenvalue weighted by atomic mass is 16.3. The Bertz CT molecular complexity index is 293. The number of benzene rings is 1. The lowest BCUT2D eigenvalue weighted by Crippen LogP contribution is -1.70. The van der Waals surface area contributed by atoms with Crippen molar-refractivity contribution in [3.05, 3.63) is 48.1 Å². The molecule has 0 amide bonds. The summed E-state index contributed by atoms with van der Waals surface area (Å²) in [5, 5.41) is 8.99. The van der Waals surface area contributed by atoms with Crippen LogP contribution < -0.4 is 0 Å². The summed E-state index contributed by atoms with van der Waals surface area (Å²) < 4.78 is 0. The molecule has 1 heteroatoms. The van der Waals surface area contributed by atoms with Crippen LogP contribution >= 0.6 is 0 Å². The molecule has 0 saturated carbocycles. The molecule has 0 spiro atoms. The van der Waals surface area contributed by atoms with Crippen molar-refractivity contribution in [3.8, 4) is 5.75 Å². The minimum Gasteiger partial charge on any atom is -0.508 e. The Hall–Kier alpha value is -1.50. The Morgan fingerprint density at radius 3 is 2.42 bits per heavy atom. The molecule has 0 unspecified atom stereocenters. The van der Waals surface area contributed by atoms with E-state index in [2.05, 4.69) is 6.58 Å². The quantitative estimate of drug-likeness (QED) is 0.659. The maximum atomic E-state index is 8.99. The van der Waals surface area contributed by atoms with Gasteiger partial charge in [-0.25, -0.2) is 0 Å². The summed E-state index contributed by atoms with van der Waals surface area (Å²) >= 11 is 0. The van der Waals surface area contributed by atoms with Crippen LogP contribution in [0.5, 0.6) is 5.75 Å². The molecule has 1 aromatic carbocycles. The van der Waals surface area contributed by atoms with Crippen LogP contribution in [-0.2, 0) is 0 Å². The summed E-state index contributed by atoms with van der Waals surface area (Å²) in [7, 11) is 0. The Morgan fingerprint density at radius 2 is 1.92 bits per heavy atom. The molecule has 12 heavy (non-hydrogen) atoms. The summed E-state index contributed by atoms with van der Waals surface area (Å²) in [4.78, 5) is 0. The zero-order valence-electron chi connectivity index (χ0n) is 7.12. The van der Waals surface area contributed by atoms with Crippen LogP contribution in [0.25, 0.3) is 6.08 Å². The number of phenols is 1. The van der Waals surface area contributed by atoms with Crippen molar-refractivity contribution in [2.24, 2.45) is 0 Å². The Labute approximate surface area is 72.7 Å². The zero-order chi connectivity index (χ0) is 8.97. The molecular weight excluding hydrogens is 148 g/mol. The maximum Gasteiger partial charge on any atom is 0.115 e. The fraction of sp³-hybridized carbons (Fsp3) is 0.0909. The molecule has 0 bridgehead atoms. The zero-order valence-corrected chi connectivity index (χ0v) is 7.12. The van der Waals surface area contributed by atoms with Crippen molar-refractivity contribution in [3.63, 3.8) is 0 Å². The third-order valence-corrected chi connectivity index (χ3v) is 1.45. The minimum atomic E-state index is 0.294.